The van der Waals surface area contributed by atoms with E-state index in [9.17, 15) is 14.7 Å². The summed E-state index contributed by atoms with van der Waals surface area (Å²) in [5.74, 6) is -1.08. The Bertz CT molecular complexity index is 559. The SMILES string of the molecule is C=CC=CCC(=CCC(=C)C(=O)OC(C(C)O)[N+](C)(C)C)C(=O)OC.[Cl-]. The summed E-state index contributed by atoms with van der Waals surface area (Å²) in [7, 11) is 6.74. The molecule has 0 aromatic carbocycles. The number of esters is 2. The molecule has 148 valence electrons. The Morgan fingerprint density at radius 2 is 1.77 bits per heavy atom. The van der Waals surface area contributed by atoms with Crippen molar-refractivity contribution in [3.8, 4) is 0 Å². The monoisotopic (exact) mass is 387 g/mol. The first kappa shape index (κ1) is 26.3. The molecule has 0 spiro atoms. The molecule has 0 aromatic rings. The van der Waals surface area contributed by atoms with E-state index in [1.807, 2.05) is 21.1 Å². The number of methoxy groups -OCH3 is 1. The quantitative estimate of drug-likeness (QED) is 0.173. The van der Waals surface area contributed by atoms with E-state index in [1.54, 1.807) is 31.2 Å². The molecule has 2 unspecified atom stereocenters. The maximum atomic E-state index is 12.2. The lowest BCUT2D eigenvalue weighted by Gasteiger charge is -2.34. The average molecular weight is 388 g/mol. The molecule has 2 atom stereocenters. The van der Waals surface area contributed by atoms with Crippen molar-refractivity contribution < 1.29 is 41.1 Å². The number of hydrogen-bond donors (Lipinski definition) is 1. The van der Waals surface area contributed by atoms with Gasteiger partial charge in [-0.25, -0.2) is 9.59 Å². The van der Waals surface area contributed by atoms with Crippen LogP contribution >= 0.6 is 0 Å². The second-order valence-corrected chi connectivity index (χ2v) is 6.55. The van der Waals surface area contributed by atoms with Crippen molar-refractivity contribution >= 4 is 11.9 Å². The van der Waals surface area contributed by atoms with Crippen LogP contribution in [0.1, 0.15) is 19.8 Å². The van der Waals surface area contributed by atoms with Crippen molar-refractivity contribution in [1.29, 1.82) is 0 Å². The molecule has 0 bridgehead atoms. The second kappa shape index (κ2) is 12.5. The molecule has 0 amide bonds. The highest BCUT2D eigenvalue weighted by Gasteiger charge is 2.33. The Morgan fingerprint density at radius 1 is 1.19 bits per heavy atom. The van der Waals surface area contributed by atoms with Gasteiger partial charge in [-0.1, -0.05) is 37.5 Å². The molecule has 1 N–H and O–H groups in total. The predicted octanol–water partition coefficient (Wildman–Crippen LogP) is -0.875. The van der Waals surface area contributed by atoms with E-state index in [4.69, 9.17) is 9.47 Å². The zero-order chi connectivity index (χ0) is 19.6. The summed E-state index contributed by atoms with van der Waals surface area (Å²) in [5.41, 5.74) is 0.599. The van der Waals surface area contributed by atoms with Gasteiger partial charge in [0.15, 0.2) is 0 Å². The third-order valence-electron chi connectivity index (χ3n) is 3.34. The molecule has 0 heterocycles. The standard InChI is InChI=1S/C19H30NO5.ClH/c1-8-9-10-11-16(19(23)24-7)13-12-14(2)18(22)25-17(15(3)21)20(4,5)6;/h8-10,13,15,17,21H,1-2,11-12H2,3-7H3;1H/q+1;/p-1. The minimum absolute atomic E-state index is 0. The van der Waals surface area contributed by atoms with Crippen LogP contribution in [0.5, 0.6) is 0 Å². The lowest BCUT2D eigenvalue weighted by atomic mass is 10.1. The molecule has 0 aliphatic rings. The van der Waals surface area contributed by atoms with E-state index in [1.165, 1.54) is 7.11 Å². The summed E-state index contributed by atoms with van der Waals surface area (Å²) in [4.78, 5) is 24.0. The lowest BCUT2D eigenvalue weighted by molar-refractivity contribution is -0.920. The molecule has 6 nitrogen and oxygen atoms in total. The van der Waals surface area contributed by atoms with Crippen molar-refractivity contribution in [3.63, 3.8) is 0 Å². The van der Waals surface area contributed by atoms with Crippen LogP contribution in [-0.4, -0.2) is 62.1 Å². The fourth-order valence-electron chi connectivity index (χ4n) is 2.10. The van der Waals surface area contributed by atoms with Gasteiger partial charge in [-0.2, -0.15) is 0 Å². The number of nitrogens with zero attached hydrogens (tertiary/aromatic N) is 1. The summed E-state index contributed by atoms with van der Waals surface area (Å²) in [6.07, 6.45) is 5.63. The van der Waals surface area contributed by atoms with Gasteiger partial charge in [0.2, 0.25) is 0 Å². The second-order valence-electron chi connectivity index (χ2n) is 6.55. The number of halogens is 1. The number of allylic oxidation sites excluding steroid dienone is 4. The summed E-state index contributed by atoms with van der Waals surface area (Å²) in [6.45, 7) is 8.83. The van der Waals surface area contributed by atoms with Gasteiger partial charge in [-0.05, 0) is 19.8 Å². The molecule has 0 saturated heterocycles. The highest BCUT2D eigenvalue weighted by atomic mass is 35.5. The number of rotatable bonds is 10. The molecule has 0 aliphatic carbocycles. The number of carbonyl (C=O) groups is 2. The van der Waals surface area contributed by atoms with Gasteiger partial charge >= 0.3 is 11.9 Å². The van der Waals surface area contributed by atoms with Crippen LogP contribution < -0.4 is 12.4 Å². The molecule has 0 aliphatic heterocycles. The molecule has 7 heteroatoms. The smallest absolute Gasteiger partial charge is 0.338 e. The largest absolute Gasteiger partial charge is 1.00 e. The Kier molecular flexibility index (Phi) is 12.6. The third-order valence-corrected chi connectivity index (χ3v) is 3.34. The van der Waals surface area contributed by atoms with E-state index in [0.29, 0.717) is 12.0 Å². The van der Waals surface area contributed by atoms with Gasteiger partial charge in [0.05, 0.1) is 28.3 Å². The average Bonchev–Trinajstić information content (AvgIpc) is 2.52. The van der Waals surface area contributed by atoms with E-state index in [0.717, 1.165) is 0 Å². The van der Waals surface area contributed by atoms with Crippen molar-refractivity contribution in [2.75, 3.05) is 28.3 Å². The minimum Gasteiger partial charge on any atom is -1.00 e. The maximum absolute atomic E-state index is 12.2. The number of hydrogen-bond acceptors (Lipinski definition) is 5. The zero-order valence-corrected chi connectivity index (χ0v) is 17.0. The van der Waals surface area contributed by atoms with Crippen LogP contribution in [0.15, 0.2) is 48.6 Å². The van der Waals surface area contributed by atoms with E-state index in [2.05, 4.69) is 13.2 Å². The molecule has 0 aromatic heterocycles. The summed E-state index contributed by atoms with van der Waals surface area (Å²) in [6, 6.07) is 0. The van der Waals surface area contributed by atoms with Crippen LogP contribution in [-0.2, 0) is 19.1 Å². The lowest BCUT2D eigenvalue weighted by Crippen LogP contribution is -3.00. The maximum Gasteiger partial charge on any atom is 0.338 e. The first-order valence-corrected chi connectivity index (χ1v) is 7.97. The van der Waals surface area contributed by atoms with Gasteiger partial charge in [0.1, 0.15) is 6.10 Å². The summed E-state index contributed by atoms with van der Waals surface area (Å²) < 4.78 is 10.4. The van der Waals surface area contributed by atoms with Crippen LogP contribution in [0.4, 0.5) is 0 Å². The molecular weight excluding hydrogens is 358 g/mol. The first-order valence-electron chi connectivity index (χ1n) is 7.97. The number of aliphatic hydroxyl groups is 1. The van der Waals surface area contributed by atoms with E-state index >= 15 is 0 Å². The molecule has 0 radical (unpaired) electrons. The Labute approximate surface area is 162 Å². The Hall–Kier alpha value is -1.89. The van der Waals surface area contributed by atoms with Crippen molar-refractivity contribution in [2.24, 2.45) is 0 Å². The number of carbonyl (C=O) groups excluding carboxylic acids is 2. The van der Waals surface area contributed by atoms with Crippen molar-refractivity contribution in [3.05, 3.63) is 48.6 Å². The van der Waals surface area contributed by atoms with E-state index in [-0.39, 0.29) is 28.9 Å². The number of likely N-dealkylation sites (N-methyl/N-ethyl adjacent to an activating group) is 1. The van der Waals surface area contributed by atoms with Gasteiger partial charge < -0.3 is 27.0 Å². The Morgan fingerprint density at radius 3 is 2.19 bits per heavy atom. The minimum atomic E-state index is -0.832. The van der Waals surface area contributed by atoms with Gasteiger partial charge in [-0.15, -0.1) is 0 Å². The summed E-state index contributed by atoms with van der Waals surface area (Å²) >= 11 is 0. The fourth-order valence-corrected chi connectivity index (χ4v) is 2.10. The van der Waals surface area contributed by atoms with Crippen LogP contribution in [0.3, 0.4) is 0 Å². The van der Waals surface area contributed by atoms with Crippen LogP contribution in [0.25, 0.3) is 0 Å². The highest BCUT2D eigenvalue weighted by Crippen LogP contribution is 2.15. The Balaban J connectivity index is 0. The highest BCUT2D eigenvalue weighted by molar-refractivity contribution is 5.90. The molecule has 0 fully saturated rings. The van der Waals surface area contributed by atoms with Gasteiger partial charge in [0.25, 0.3) is 6.23 Å². The number of aliphatic hydroxyl groups excluding tert-OH is 1. The van der Waals surface area contributed by atoms with Gasteiger partial charge in [-0.3, -0.25) is 4.48 Å². The van der Waals surface area contributed by atoms with Gasteiger partial charge in [0, 0.05) is 11.1 Å². The number of quaternary nitrogens is 1. The van der Waals surface area contributed by atoms with Crippen LogP contribution in [0, 0.1) is 0 Å². The molecular formula is C19H30ClNO5. The fraction of sp³-hybridized carbons (Fsp3) is 0.474. The molecule has 0 saturated carbocycles. The normalized spacial score (nSPS) is 14.2. The summed E-state index contributed by atoms with van der Waals surface area (Å²) in [5, 5.41) is 9.81. The predicted molar refractivity (Wildman–Crippen MR) is 97.4 cm³/mol. The first-order chi connectivity index (χ1) is 11.5. The topological polar surface area (TPSA) is 72.8 Å². The zero-order valence-electron chi connectivity index (χ0n) is 16.2. The van der Waals surface area contributed by atoms with Crippen molar-refractivity contribution in [1.82, 2.24) is 0 Å². The van der Waals surface area contributed by atoms with Crippen LogP contribution in [0.2, 0.25) is 0 Å². The van der Waals surface area contributed by atoms with E-state index < -0.39 is 24.3 Å². The number of ether oxygens (including phenoxy) is 2. The molecule has 26 heavy (non-hydrogen) atoms. The van der Waals surface area contributed by atoms with Crippen molar-refractivity contribution in [2.45, 2.75) is 32.1 Å². The third kappa shape index (κ3) is 9.56. The molecule has 0 rings (SSSR count).